The fourth-order valence-electron chi connectivity index (χ4n) is 4.66. The van der Waals surface area contributed by atoms with E-state index >= 15 is 0 Å². The molecule has 40 heavy (non-hydrogen) atoms. The van der Waals surface area contributed by atoms with Gasteiger partial charge in [0.15, 0.2) is 5.16 Å². The van der Waals surface area contributed by atoms with Crippen molar-refractivity contribution in [3.8, 4) is 0 Å². The topological polar surface area (TPSA) is 58.4 Å². The second kappa shape index (κ2) is 13.2. The summed E-state index contributed by atoms with van der Waals surface area (Å²) in [7, 11) is 1.74. The molecule has 0 radical (unpaired) electrons. The zero-order valence-corrected chi connectivity index (χ0v) is 24.9. The van der Waals surface area contributed by atoms with E-state index in [0.717, 1.165) is 40.0 Å². The second-order valence-corrected chi connectivity index (χ2v) is 11.8. The zero-order chi connectivity index (χ0) is 28.9. The summed E-state index contributed by atoms with van der Waals surface area (Å²) in [5, 5.41) is 0.666. The molecule has 0 spiro atoms. The van der Waals surface area contributed by atoms with Gasteiger partial charge >= 0.3 is 6.18 Å². The number of amides is 1. The summed E-state index contributed by atoms with van der Waals surface area (Å²) in [5.41, 5.74) is 2.28. The van der Waals surface area contributed by atoms with Crippen molar-refractivity contribution in [2.24, 2.45) is 7.05 Å². The van der Waals surface area contributed by atoms with Crippen LogP contribution in [0.1, 0.15) is 41.6 Å². The number of halogens is 4. The number of unbranched alkanes of at least 4 members (excludes halogenated alkanes) is 1. The van der Waals surface area contributed by atoms with Gasteiger partial charge in [0.25, 0.3) is 5.56 Å². The summed E-state index contributed by atoms with van der Waals surface area (Å²) >= 11 is 4.94. The Morgan fingerprint density at radius 1 is 1.05 bits per heavy atom. The van der Waals surface area contributed by atoms with Crippen LogP contribution in [-0.2, 0) is 24.4 Å². The molecular weight excluding hydrogens is 605 g/mol. The molecule has 0 atom stereocenters. The van der Waals surface area contributed by atoms with E-state index in [0.29, 0.717) is 61.8 Å². The predicted molar refractivity (Wildman–Crippen MR) is 156 cm³/mol. The molecule has 1 amide bonds. The molecule has 0 N–H and O–H groups in total. The van der Waals surface area contributed by atoms with Crippen LogP contribution in [0, 0.1) is 6.92 Å². The van der Waals surface area contributed by atoms with Gasteiger partial charge < -0.3 is 9.80 Å². The first-order valence-corrected chi connectivity index (χ1v) is 14.9. The Balaban J connectivity index is 1.21. The number of anilines is 1. The Hall–Kier alpha value is -2.79. The second-order valence-electron chi connectivity index (χ2n) is 9.85. The van der Waals surface area contributed by atoms with E-state index < -0.39 is 11.7 Å². The van der Waals surface area contributed by atoms with Crippen LogP contribution in [0.2, 0.25) is 0 Å². The van der Waals surface area contributed by atoms with Crippen LogP contribution in [0.3, 0.4) is 0 Å². The van der Waals surface area contributed by atoms with Crippen molar-refractivity contribution in [3.63, 3.8) is 0 Å². The van der Waals surface area contributed by atoms with Crippen molar-refractivity contribution in [3.05, 3.63) is 85.7 Å². The summed E-state index contributed by atoms with van der Waals surface area (Å²) in [6.45, 7) is 3.84. The highest BCUT2D eigenvalue weighted by Crippen LogP contribution is 2.32. The Kier molecular flexibility index (Phi) is 9.99. The Morgan fingerprint density at radius 2 is 1.75 bits per heavy atom. The number of hydrogen-bond acceptors (Lipinski definition) is 5. The number of rotatable bonds is 9. The van der Waals surface area contributed by atoms with E-state index in [1.54, 1.807) is 22.6 Å². The molecule has 1 saturated heterocycles. The molecule has 214 valence electrons. The third-order valence-electron chi connectivity index (χ3n) is 7.03. The molecule has 2 heterocycles. The lowest BCUT2D eigenvalue weighted by atomic mass is 10.1. The number of piperazine rings is 1. The van der Waals surface area contributed by atoms with Crippen LogP contribution in [0.25, 0.3) is 0 Å². The molecule has 0 saturated carbocycles. The largest absolute Gasteiger partial charge is 0.416 e. The van der Waals surface area contributed by atoms with Gasteiger partial charge in [0.1, 0.15) is 0 Å². The fraction of sp³-hybridized carbons (Fsp3) is 0.414. The summed E-state index contributed by atoms with van der Waals surface area (Å²) in [6, 6.07) is 13.2. The van der Waals surface area contributed by atoms with Crippen molar-refractivity contribution in [1.82, 2.24) is 14.5 Å². The molecule has 2 aromatic carbocycles. The molecule has 0 aliphatic carbocycles. The first-order chi connectivity index (χ1) is 19.0. The number of carbonyl (C=O) groups excluding carboxylic acids is 1. The average Bonchev–Trinajstić information content (AvgIpc) is 2.94. The summed E-state index contributed by atoms with van der Waals surface area (Å²) < 4.78 is 41.7. The van der Waals surface area contributed by atoms with Gasteiger partial charge in [0.05, 0.1) is 5.56 Å². The number of aryl methyl sites for hydroxylation is 1. The minimum atomic E-state index is -4.38. The lowest BCUT2D eigenvalue weighted by molar-refractivity contribution is -0.137. The van der Waals surface area contributed by atoms with E-state index in [9.17, 15) is 22.8 Å². The van der Waals surface area contributed by atoms with Gasteiger partial charge in [0, 0.05) is 73.2 Å². The number of hydrogen-bond donors (Lipinski definition) is 0. The molecule has 11 heteroatoms. The maximum atomic E-state index is 13.0. The van der Waals surface area contributed by atoms with Crippen molar-refractivity contribution < 1.29 is 18.0 Å². The van der Waals surface area contributed by atoms with Gasteiger partial charge in [-0.15, -0.1) is 0 Å². The molecule has 3 aromatic rings. The normalized spacial score (nSPS) is 14.1. The third kappa shape index (κ3) is 7.69. The minimum absolute atomic E-state index is 0.0441. The molecule has 1 fully saturated rings. The third-order valence-corrected chi connectivity index (χ3v) is 8.68. The molecule has 1 aliphatic heterocycles. The van der Waals surface area contributed by atoms with Crippen LogP contribution in [-0.4, -0.2) is 52.3 Å². The molecule has 1 aliphatic rings. The highest BCUT2D eigenvalue weighted by atomic mass is 79.9. The van der Waals surface area contributed by atoms with Crippen molar-refractivity contribution in [2.45, 2.75) is 43.9 Å². The molecule has 4 rings (SSSR count). The summed E-state index contributed by atoms with van der Waals surface area (Å²) in [6.07, 6.45) is -1.91. The van der Waals surface area contributed by atoms with Crippen LogP contribution in [0.15, 0.2) is 63.0 Å². The first-order valence-electron chi connectivity index (χ1n) is 13.2. The fourth-order valence-corrected chi connectivity index (χ4v) is 5.94. The highest BCUT2D eigenvalue weighted by molar-refractivity contribution is 9.10. The molecular formula is C29H32BrF3N4O2S. The highest BCUT2D eigenvalue weighted by Gasteiger charge is 2.31. The monoisotopic (exact) mass is 636 g/mol. The van der Waals surface area contributed by atoms with Crippen molar-refractivity contribution in [2.75, 3.05) is 36.8 Å². The van der Waals surface area contributed by atoms with Gasteiger partial charge in [-0.1, -0.05) is 45.9 Å². The van der Waals surface area contributed by atoms with Crippen molar-refractivity contribution in [1.29, 1.82) is 0 Å². The lowest BCUT2D eigenvalue weighted by Crippen LogP contribution is -2.48. The Bertz CT molecular complexity index is 1390. The Morgan fingerprint density at radius 3 is 2.42 bits per heavy atom. The summed E-state index contributed by atoms with van der Waals surface area (Å²) in [4.78, 5) is 34.1. The lowest BCUT2D eigenvalue weighted by Gasteiger charge is -2.36. The van der Waals surface area contributed by atoms with E-state index in [1.165, 1.54) is 17.8 Å². The zero-order valence-electron chi connectivity index (χ0n) is 22.5. The number of aromatic nitrogens is 2. The first kappa shape index (κ1) is 30.2. The molecule has 0 unspecified atom stereocenters. The van der Waals surface area contributed by atoms with Crippen LogP contribution in [0.5, 0.6) is 0 Å². The quantitative estimate of drug-likeness (QED) is 0.162. The van der Waals surface area contributed by atoms with Crippen LogP contribution < -0.4 is 10.5 Å². The predicted octanol–water partition coefficient (Wildman–Crippen LogP) is 6.07. The SMILES string of the molecule is Cc1nc(SCCCCC(=O)N2CCN(c3cccc(C(F)(F)F)c3)CC2)n(C)c(=O)c1Cc1ccc(Br)cc1. The maximum Gasteiger partial charge on any atom is 0.416 e. The number of nitrogens with zero attached hydrogens (tertiary/aromatic N) is 4. The van der Waals surface area contributed by atoms with Gasteiger partial charge in [-0.05, 0) is 55.7 Å². The van der Waals surface area contributed by atoms with Crippen molar-refractivity contribution >= 4 is 39.3 Å². The Labute approximate surface area is 244 Å². The van der Waals surface area contributed by atoms with Gasteiger partial charge in [-0.3, -0.25) is 14.2 Å². The van der Waals surface area contributed by atoms with E-state index in [4.69, 9.17) is 0 Å². The molecule has 0 bridgehead atoms. The van der Waals surface area contributed by atoms with E-state index in [1.807, 2.05) is 36.1 Å². The molecule has 1 aromatic heterocycles. The minimum Gasteiger partial charge on any atom is -0.368 e. The smallest absolute Gasteiger partial charge is 0.368 e. The van der Waals surface area contributed by atoms with Gasteiger partial charge in [-0.2, -0.15) is 13.2 Å². The van der Waals surface area contributed by atoms with E-state index in [-0.39, 0.29) is 11.5 Å². The van der Waals surface area contributed by atoms with Crippen LogP contribution in [0.4, 0.5) is 18.9 Å². The van der Waals surface area contributed by atoms with Crippen LogP contribution >= 0.6 is 27.7 Å². The van der Waals surface area contributed by atoms with Gasteiger partial charge in [-0.25, -0.2) is 4.98 Å². The number of benzene rings is 2. The number of alkyl halides is 3. The standard InChI is InChI=1S/C29H32BrF3N4O2S/c1-20-25(18-21-9-11-23(30)12-10-21)27(39)35(2)28(34-20)40-17-4-3-8-26(38)37-15-13-36(14-16-37)24-7-5-6-22(19-24)29(31,32)33/h5-7,9-12,19H,3-4,8,13-18H2,1-2H3. The number of carbonyl (C=O) groups is 1. The number of thioether (sulfide) groups is 1. The molecule has 6 nitrogen and oxygen atoms in total. The summed E-state index contributed by atoms with van der Waals surface area (Å²) in [5.74, 6) is 0.801. The van der Waals surface area contributed by atoms with Gasteiger partial charge in [0.2, 0.25) is 5.91 Å². The van der Waals surface area contributed by atoms with E-state index in [2.05, 4.69) is 20.9 Å². The average molecular weight is 638 g/mol. The maximum absolute atomic E-state index is 13.0.